The van der Waals surface area contributed by atoms with Crippen LogP contribution in [-0.2, 0) is 20.8 Å². The first kappa shape index (κ1) is 17.9. The van der Waals surface area contributed by atoms with E-state index in [1.165, 1.54) is 12.3 Å². The smallest absolute Gasteiger partial charge is 0.242 e. The van der Waals surface area contributed by atoms with Crippen molar-refractivity contribution in [3.63, 3.8) is 0 Å². The molecule has 21 heavy (non-hydrogen) atoms. The number of rotatable bonds is 6. The van der Waals surface area contributed by atoms with Gasteiger partial charge in [-0.2, -0.15) is 0 Å². The third kappa shape index (κ3) is 5.98. The van der Waals surface area contributed by atoms with E-state index in [2.05, 4.69) is 16.6 Å². The summed E-state index contributed by atoms with van der Waals surface area (Å²) in [6.07, 6.45) is 1.81. The normalized spacial score (nSPS) is 14.0. The van der Waals surface area contributed by atoms with E-state index in [1.54, 1.807) is 25.1 Å². The Kier molecular flexibility index (Phi) is 7.05. The zero-order chi connectivity index (χ0) is 15.9. The fourth-order valence-electron chi connectivity index (χ4n) is 1.73. The van der Waals surface area contributed by atoms with Crippen molar-refractivity contribution in [2.45, 2.75) is 24.3 Å². The fraction of sp³-hybridized carbons (Fsp3) is 0.429. The minimum absolute atomic E-state index is 0.0699. The topological polar surface area (TPSA) is 83.5 Å². The maximum atomic E-state index is 12.4. The molecule has 0 spiro atoms. The Morgan fingerprint density at radius 3 is 2.67 bits per heavy atom. The molecule has 2 N–H and O–H groups in total. The van der Waals surface area contributed by atoms with Gasteiger partial charge in [-0.3, -0.25) is 4.21 Å². The number of sulfonamides is 1. The quantitative estimate of drug-likeness (QED) is 0.743. The first-order valence-corrected chi connectivity index (χ1v) is 9.59. The summed E-state index contributed by atoms with van der Waals surface area (Å²) in [7, 11) is -4.80. The summed E-state index contributed by atoms with van der Waals surface area (Å²) < 4.78 is 38.3. The van der Waals surface area contributed by atoms with Crippen molar-refractivity contribution < 1.29 is 17.7 Å². The lowest BCUT2D eigenvalue weighted by Crippen LogP contribution is -2.36. The molecule has 0 aliphatic heterocycles. The molecule has 1 aromatic rings. The second-order valence-corrected chi connectivity index (χ2v) is 7.70. The zero-order valence-electron chi connectivity index (χ0n) is 12.0. The average molecular weight is 329 g/mol. The summed E-state index contributed by atoms with van der Waals surface area (Å²) in [5.41, 5.74) is 0.378. The predicted octanol–water partition coefficient (Wildman–Crippen LogP) is 0.466. The molecule has 0 bridgehead atoms. The van der Waals surface area contributed by atoms with Crippen LogP contribution in [0.15, 0.2) is 29.2 Å². The molecule has 0 saturated carbocycles. The Balaban J connectivity index is 3.04. The summed E-state index contributed by atoms with van der Waals surface area (Å²) >= 11 is 0. The first-order valence-electron chi connectivity index (χ1n) is 6.38. The molecule has 0 radical (unpaired) electrons. The van der Waals surface area contributed by atoms with Crippen LogP contribution >= 0.6 is 0 Å². The van der Waals surface area contributed by atoms with Gasteiger partial charge in [-0.1, -0.05) is 24.0 Å². The number of aliphatic hydroxyl groups is 1. The molecule has 2 unspecified atom stereocenters. The van der Waals surface area contributed by atoms with Crippen molar-refractivity contribution >= 4 is 20.8 Å². The van der Waals surface area contributed by atoms with E-state index in [0.29, 0.717) is 5.56 Å². The van der Waals surface area contributed by atoms with Gasteiger partial charge in [0.1, 0.15) is 0 Å². The number of aliphatic hydroxyl groups excluding tert-OH is 1. The van der Waals surface area contributed by atoms with E-state index >= 15 is 0 Å². The zero-order valence-corrected chi connectivity index (χ0v) is 13.6. The van der Waals surface area contributed by atoms with Crippen molar-refractivity contribution in [3.8, 4) is 11.8 Å². The van der Waals surface area contributed by atoms with E-state index in [4.69, 9.17) is 5.11 Å². The van der Waals surface area contributed by atoms with E-state index in [-0.39, 0.29) is 23.7 Å². The van der Waals surface area contributed by atoms with Crippen molar-refractivity contribution in [1.29, 1.82) is 0 Å². The van der Waals surface area contributed by atoms with Gasteiger partial charge in [-0.25, -0.2) is 13.1 Å². The fourth-order valence-corrected chi connectivity index (χ4v) is 4.03. The van der Waals surface area contributed by atoms with E-state index < -0.39 is 26.9 Å². The number of nitrogens with one attached hydrogen (secondary N) is 1. The molecule has 1 rings (SSSR count). The Morgan fingerprint density at radius 2 is 2.05 bits per heavy atom. The second kappa shape index (κ2) is 8.29. The molecule has 0 saturated heterocycles. The van der Waals surface area contributed by atoms with Gasteiger partial charge in [0.15, 0.2) is 0 Å². The van der Waals surface area contributed by atoms with Gasteiger partial charge >= 0.3 is 0 Å². The van der Waals surface area contributed by atoms with E-state index in [0.717, 1.165) is 0 Å². The summed E-state index contributed by atoms with van der Waals surface area (Å²) in [5.74, 6) is 5.70. The van der Waals surface area contributed by atoms with Gasteiger partial charge in [-0.05, 0) is 19.1 Å². The monoisotopic (exact) mass is 329 g/mol. The number of hydrogen-bond donors (Lipinski definition) is 2. The lowest BCUT2D eigenvalue weighted by molar-refractivity contribution is 0.305. The van der Waals surface area contributed by atoms with Crippen molar-refractivity contribution in [3.05, 3.63) is 29.8 Å². The highest BCUT2D eigenvalue weighted by Gasteiger charge is 2.20. The maximum absolute atomic E-state index is 12.4. The van der Waals surface area contributed by atoms with Crippen molar-refractivity contribution in [1.82, 2.24) is 4.72 Å². The minimum atomic E-state index is -3.72. The Morgan fingerprint density at radius 1 is 1.38 bits per heavy atom. The molecular weight excluding hydrogens is 310 g/mol. The van der Waals surface area contributed by atoms with Crippen LogP contribution in [0.3, 0.4) is 0 Å². The van der Waals surface area contributed by atoms with Crippen LogP contribution in [0.4, 0.5) is 0 Å². The van der Waals surface area contributed by atoms with Crippen LogP contribution in [0.5, 0.6) is 0 Å². The Labute approximate surface area is 128 Å². The standard InChI is InChI=1S/C14H19NO4S2/c1-12(11-20(2)17)15-21(18,19)14-9-4-3-7-13(14)8-5-6-10-16/h3-4,7,9,12,15-16H,6,10-11H2,1-2H3. The van der Waals surface area contributed by atoms with Crippen LogP contribution < -0.4 is 4.72 Å². The van der Waals surface area contributed by atoms with E-state index in [1.807, 2.05) is 0 Å². The summed E-state index contributed by atoms with van der Waals surface area (Å²) in [4.78, 5) is 0.0872. The number of benzene rings is 1. The average Bonchev–Trinajstić information content (AvgIpc) is 2.37. The molecule has 0 heterocycles. The molecule has 0 aliphatic rings. The highest BCUT2D eigenvalue weighted by Crippen LogP contribution is 2.14. The second-order valence-electron chi connectivity index (χ2n) is 4.53. The molecule has 116 valence electrons. The predicted molar refractivity (Wildman–Crippen MR) is 83.7 cm³/mol. The molecule has 7 heteroatoms. The number of hydrogen-bond acceptors (Lipinski definition) is 4. The van der Waals surface area contributed by atoms with Gasteiger partial charge in [0, 0.05) is 40.8 Å². The minimum Gasteiger partial charge on any atom is -0.395 e. The summed E-state index contributed by atoms with van der Waals surface area (Å²) in [6, 6.07) is 5.97. The van der Waals surface area contributed by atoms with Crippen LogP contribution in [0.25, 0.3) is 0 Å². The lowest BCUT2D eigenvalue weighted by atomic mass is 10.2. The van der Waals surface area contributed by atoms with Crippen molar-refractivity contribution in [2.24, 2.45) is 0 Å². The van der Waals surface area contributed by atoms with Crippen LogP contribution in [0.2, 0.25) is 0 Å². The molecule has 0 fully saturated rings. The third-order valence-electron chi connectivity index (χ3n) is 2.48. The molecule has 0 aliphatic carbocycles. The van der Waals surface area contributed by atoms with Crippen molar-refractivity contribution in [2.75, 3.05) is 18.6 Å². The maximum Gasteiger partial charge on any atom is 0.242 e. The van der Waals surface area contributed by atoms with Gasteiger partial charge in [0.05, 0.1) is 11.5 Å². The summed E-state index contributed by atoms with van der Waals surface area (Å²) in [6.45, 7) is 1.60. The van der Waals surface area contributed by atoms with Crippen LogP contribution in [0, 0.1) is 11.8 Å². The molecular formula is C14H19NO4S2. The lowest BCUT2D eigenvalue weighted by Gasteiger charge is -2.13. The first-order chi connectivity index (χ1) is 9.86. The Bertz CT molecular complexity index is 659. The van der Waals surface area contributed by atoms with Crippen LogP contribution in [-0.4, -0.2) is 42.4 Å². The van der Waals surface area contributed by atoms with Gasteiger partial charge in [0.25, 0.3) is 0 Å². The highest BCUT2D eigenvalue weighted by atomic mass is 32.2. The molecule has 0 aromatic heterocycles. The van der Waals surface area contributed by atoms with Gasteiger partial charge in [-0.15, -0.1) is 0 Å². The molecule has 0 amide bonds. The molecule has 5 nitrogen and oxygen atoms in total. The third-order valence-corrected chi connectivity index (χ3v) is 5.09. The van der Waals surface area contributed by atoms with Gasteiger partial charge < -0.3 is 5.11 Å². The SMILES string of the molecule is CC(CS(C)=O)NS(=O)(=O)c1ccccc1C#CCCO. The highest BCUT2D eigenvalue weighted by molar-refractivity contribution is 7.89. The molecule has 1 aromatic carbocycles. The van der Waals surface area contributed by atoms with Gasteiger partial charge in [0.2, 0.25) is 10.0 Å². The largest absolute Gasteiger partial charge is 0.395 e. The van der Waals surface area contributed by atoms with Crippen LogP contribution in [0.1, 0.15) is 18.9 Å². The Hall–Kier alpha value is -1.20. The molecule has 2 atom stereocenters. The van der Waals surface area contributed by atoms with E-state index in [9.17, 15) is 12.6 Å². The summed E-state index contributed by atoms with van der Waals surface area (Å²) in [5, 5.41) is 8.71.